The number of aliphatic hydroxyl groups is 2. The van der Waals surface area contributed by atoms with Crippen molar-refractivity contribution in [3.05, 3.63) is 65.0 Å². The van der Waals surface area contributed by atoms with Crippen LogP contribution in [0.25, 0.3) is 0 Å². The maximum absolute atomic E-state index is 15.5. The van der Waals surface area contributed by atoms with Crippen molar-refractivity contribution in [3.63, 3.8) is 0 Å². The summed E-state index contributed by atoms with van der Waals surface area (Å²) in [5, 5.41) is 24.6. The highest BCUT2D eigenvalue weighted by atomic mass is 19.1. The molecule has 0 bridgehead atoms. The minimum Gasteiger partial charge on any atom is -0.490 e. The third kappa shape index (κ3) is 6.38. The maximum atomic E-state index is 15.5. The first-order valence-electron chi connectivity index (χ1n) is 15.8. The first-order valence-corrected chi connectivity index (χ1v) is 15.8. The van der Waals surface area contributed by atoms with Crippen molar-refractivity contribution in [3.8, 4) is 34.5 Å². The van der Waals surface area contributed by atoms with E-state index in [0.29, 0.717) is 52.5 Å². The molecule has 3 N–H and O–H groups in total. The van der Waals surface area contributed by atoms with E-state index in [9.17, 15) is 15.0 Å². The van der Waals surface area contributed by atoms with Gasteiger partial charge in [0.1, 0.15) is 35.9 Å². The van der Waals surface area contributed by atoms with Crippen LogP contribution in [0.15, 0.2) is 42.5 Å². The molecule has 0 fully saturated rings. The van der Waals surface area contributed by atoms with Crippen LogP contribution in [0.1, 0.15) is 71.1 Å². The number of carbonyl (C=O) groups excluding carboxylic acids is 1. The van der Waals surface area contributed by atoms with Gasteiger partial charge in [-0.2, -0.15) is 0 Å². The van der Waals surface area contributed by atoms with Crippen LogP contribution < -0.4 is 33.7 Å². The van der Waals surface area contributed by atoms with Crippen molar-refractivity contribution >= 4 is 11.6 Å². The molecule has 3 aromatic rings. The molecule has 47 heavy (non-hydrogen) atoms. The number of aliphatic hydroxyl groups excluding tert-OH is 2. The molecule has 2 atom stereocenters. The van der Waals surface area contributed by atoms with Crippen LogP contribution >= 0.6 is 0 Å². The smallest absolute Gasteiger partial charge is 0.244 e. The molecule has 0 saturated carbocycles. The molecule has 6 rings (SSSR count). The molecular weight excluding hydrogens is 609 g/mol. The van der Waals surface area contributed by atoms with E-state index in [-0.39, 0.29) is 54.8 Å². The number of benzene rings is 3. The third-order valence-corrected chi connectivity index (χ3v) is 8.31. The van der Waals surface area contributed by atoms with Crippen LogP contribution in [0.4, 0.5) is 10.1 Å². The van der Waals surface area contributed by atoms with Gasteiger partial charge in [-0.05, 0) is 41.9 Å². The van der Waals surface area contributed by atoms with Crippen molar-refractivity contribution in [2.45, 2.75) is 72.0 Å². The highest BCUT2D eigenvalue weighted by Crippen LogP contribution is 2.57. The summed E-state index contributed by atoms with van der Waals surface area (Å²) in [5.74, 6) is 0.786. The van der Waals surface area contributed by atoms with E-state index in [1.165, 1.54) is 12.1 Å². The Labute approximate surface area is 273 Å². The summed E-state index contributed by atoms with van der Waals surface area (Å²) >= 11 is 0. The van der Waals surface area contributed by atoms with Crippen molar-refractivity contribution < 1.29 is 47.8 Å². The molecule has 1 amide bonds. The van der Waals surface area contributed by atoms with Crippen molar-refractivity contribution in [2.24, 2.45) is 10.8 Å². The fraction of sp³-hybridized carbons (Fsp3) is 0.472. The Kier molecular flexibility index (Phi) is 8.42. The number of fused-ring (bicyclic) bond motifs is 3. The fourth-order valence-electron chi connectivity index (χ4n) is 6.55. The lowest BCUT2D eigenvalue weighted by atomic mass is 9.69. The van der Waals surface area contributed by atoms with Gasteiger partial charge in [-0.3, -0.25) is 4.79 Å². The number of carbonyl (C=O) groups is 1. The molecular formula is C36H42FNO9. The summed E-state index contributed by atoms with van der Waals surface area (Å²) in [7, 11) is 0. The van der Waals surface area contributed by atoms with Crippen LogP contribution in [0.3, 0.4) is 0 Å². The first kappa shape index (κ1) is 32.7. The molecule has 11 heteroatoms. The molecule has 0 unspecified atom stereocenters. The lowest BCUT2D eigenvalue weighted by Crippen LogP contribution is -2.38. The lowest BCUT2D eigenvalue weighted by Gasteiger charge is -2.33. The zero-order chi connectivity index (χ0) is 33.7. The third-order valence-electron chi connectivity index (χ3n) is 8.31. The van der Waals surface area contributed by atoms with Crippen LogP contribution in [-0.2, 0) is 10.2 Å². The minimum atomic E-state index is -1.77. The number of hydrogen-bond acceptors (Lipinski definition) is 9. The van der Waals surface area contributed by atoms with Gasteiger partial charge in [0.25, 0.3) is 0 Å². The number of rotatable bonds is 10. The van der Waals surface area contributed by atoms with Crippen LogP contribution in [-0.4, -0.2) is 55.1 Å². The Morgan fingerprint density at radius 2 is 1.21 bits per heavy atom. The quantitative estimate of drug-likeness (QED) is 0.245. The lowest BCUT2D eigenvalue weighted by molar-refractivity contribution is -0.118. The van der Waals surface area contributed by atoms with Gasteiger partial charge in [0.15, 0.2) is 23.0 Å². The van der Waals surface area contributed by atoms with E-state index in [4.69, 9.17) is 28.4 Å². The number of anilines is 1. The van der Waals surface area contributed by atoms with Gasteiger partial charge in [0, 0.05) is 28.8 Å². The van der Waals surface area contributed by atoms with Crippen molar-refractivity contribution in [2.75, 3.05) is 32.1 Å². The Morgan fingerprint density at radius 1 is 0.766 bits per heavy atom. The molecule has 3 heterocycles. The van der Waals surface area contributed by atoms with Crippen LogP contribution in [0.5, 0.6) is 34.5 Å². The largest absolute Gasteiger partial charge is 0.490 e. The molecule has 0 saturated heterocycles. The highest BCUT2D eigenvalue weighted by Gasteiger charge is 2.55. The van der Waals surface area contributed by atoms with Gasteiger partial charge in [-0.1, -0.05) is 53.7 Å². The van der Waals surface area contributed by atoms with Gasteiger partial charge in [-0.15, -0.1) is 0 Å². The van der Waals surface area contributed by atoms with Crippen LogP contribution in [0.2, 0.25) is 0 Å². The predicted octanol–water partition coefficient (Wildman–Crippen LogP) is 5.92. The van der Waals surface area contributed by atoms with E-state index in [1.54, 1.807) is 30.3 Å². The second kappa shape index (κ2) is 12.1. The summed E-state index contributed by atoms with van der Waals surface area (Å²) in [6, 6.07) is 11.0. The number of hydrogen-bond donors (Lipinski definition) is 3. The molecule has 10 nitrogen and oxygen atoms in total. The number of nitrogens with one attached hydrogen (secondary N) is 1. The van der Waals surface area contributed by atoms with Gasteiger partial charge < -0.3 is 44.0 Å². The molecule has 252 valence electrons. The van der Waals surface area contributed by atoms with Crippen LogP contribution in [0, 0.1) is 16.6 Å². The average Bonchev–Trinajstić information content (AvgIpc) is 3.69. The number of amides is 1. The molecule has 0 aromatic heterocycles. The fourth-order valence-corrected chi connectivity index (χ4v) is 6.55. The second-order valence-electron chi connectivity index (χ2n) is 14.7. The van der Waals surface area contributed by atoms with Gasteiger partial charge in [0.05, 0.1) is 17.9 Å². The van der Waals surface area contributed by atoms with Gasteiger partial charge in [-0.25, -0.2) is 4.39 Å². The van der Waals surface area contributed by atoms with Gasteiger partial charge >= 0.3 is 0 Å². The van der Waals surface area contributed by atoms with Crippen molar-refractivity contribution in [1.29, 1.82) is 0 Å². The predicted molar refractivity (Wildman–Crippen MR) is 171 cm³/mol. The SMILES string of the molecule is CC(C)(C)C[C@@H](O)COc1cc2c(cc1C1(c3cc4c(cc3OC[C@H](O)CC(C)(C)C)OCO4)C(=O)Nc3c(F)cccc31)OCO2. The number of para-hydroxylation sites is 1. The zero-order valence-corrected chi connectivity index (χ0v) is 27.6. The minimum absolute atomic E-state index is 0.00488. The summed E-state index contributed by atoms with van der Waals surface area (Å²) in [4.78, 5) is 14.6. The molecule has 0 aliphatic carbocycles. The second-order valence-corrected chi connectivity index (χ2v) is 14.7. The summed E-state index contributed by atoms with van der Waals surface area (Å²) in [6.45, 7) is 11.9. The Balaban J connectivity index is 1.56. The van der Waals surface area contributed by atoms with Crippen molar-refractivity contribution in [1.82, 2.24) is 0 Å². The van der Waals surface area contributed by atoms with Gasteiger partial charge in [0.2, 0.25) is 19.5 Å². The maximum Gasteiger partial charge on any atom is 0.244 e. The van der Waals surface area contributed by atoms with E-state index in [2.05, 4.69) is 5.32 Å². The van der Waals surface area contributed by atoms with E-state index < -0.39 is 29.3 Å². The van der Waals surface area contributed by atoms with E-state index in [0.717, 1.165) is 0 Å². The molecule has 0 spiro atoms. The average molecular weight is 652 g/mol. The highest BCUT2D eigenvalue weighted by molar-refractivity contribution is 6.12. The van der Waals surface area contributed by atoms with E-state index in [1.807, 2.05) is 41.5 Å². The Bertz CT molecular complexity index is 1590. The normalized spacial score (nSPS) is 17.3. The number of ether oxygens (including phenoxy) is 6. The molecule has 3 aliphatic rings. The molecule has 0 radical (unpaired) electrons. The first-order chi connectivity index (χ1) is 22.2. The Morgan fingerprint density at radius 3 is 1.66 bits per heavy atom. The Hall–Kier alpha value is -4.22. The van der Waals surface area contributed by atoms with E-state index >= 15 is 4.39 Å². The molecule has 3 aliphatic heterocycles. The zero-order valence-electron chi connectivity index (χ0n) is 27.6. The summed E-state index contributed by atoms with van der Waals surface area (Å²) in [6.07, 6.45) is -0.715. The topological polar surface area (TPSA) is 125 Å². The standard InChI is InChI=1S/C36H42FNO9/c1-34(2,3)14-20(39)16-42-26-12-30-28(44-18-46-30)10-23(26)36(22-8-7-9-25(37)32(22)38-33(36)41)24-11-29-31(47-19-45-29)13-27(24)43-17-21(40)15-35(4,5)6/h7-13,20-21,39-40H,14-19H2,1-6H3,(H,38,41)/t20-,21-/m1/s1. The summed E-state index contributed by atoms with van der Waals surface area (Å²) < 4.78 is 51.0. The summed E-state index contributed by atoms with van der Waals surface area (Å²) in [5.41, 5.74) is -1.17. The monoisotopic (exact) mass is 651 g/mol. The molecule has 3 aromatic carbocycles. The number of halogens is 1.